The molecule has 0 aliphatic carbocycles. The summed E-state index contributed by atoms with van der Waals surface area (Å²) >= 11 is 1.61. The lowest BCUT2D eigenvalue weighted by molar-refractivity contribution is 0.0955. The summed E-state index contributed by atoms with van der Waals surface area (Å²) in [4.78, 5) is 17.1. The Labute approximate surface area is 161 Å². The van der Waals surface area contributed by atoms with Crippen LogP contribution in [0.1, 0.15) is 43.3 Å². The molecule has 3 heterocycles. The third-order valence-electron chi connectivity index (χ3n) is 4.46. The summed E-state index contributed by atoms with van der Waals surface area (Å²) < 4.78 is 2.06. The Morgan fingerprint density at radius 2 is 2.00 bits per heavy atom. The molecule has 0 aliphatic rings. The number of pyridine rings is 1. The molecular formula is C20H19N5OS. The van der Waals surface area contributed by atoms with Crippen molar-refractivity contribution in [3.8, 4) is 11.1 Å². The number of hydrogen-bond acceptors (Lipinski definition) is 5. The largest absolute Gasteiger partial charge is 0.308 e. The van der Waals surface area contributed by atoms with Crippen LogP contribution in [0.5, 0.6) is 0 Å². The van der Waals surface area contributed by atoms with E-state index in [2.05, 4.69) is 26.1 Å². The Kier molecular flexibility index (Phi) is 5.19. The molecular weight excluding hydrogens is 358 g/mol. The van der Waals surface area contributed by atoms with Gasteiger partial charge in [0.1, 0.15) is 11.1 Å². The number of aromatic nitrogens is 2. The van der Waals surface area contributed by atoms with Crippen LogP contribution in [0.2, 0.25) is 0 Å². The molecule has 0 aromatic carbocycles. The molecule has 0 radical (unpaired) electrons. The van der Waals surface area contributed by atoms with Crippen molar-refractivity contribution >= 4 is 23.5 Å². The fourth-order valence-corrected chi connectivity index (χ4v) is 4.08. The van der Waals surface area contributed by atoms with Gasteiger partial charge in [0.2, 0.25) is 0 Å². The number of carbonyl (C=O) groups excluding carboxylic acids is 1. The van der Waals surface area contributed by atoms with E-state index >= 15 is 0 Å². The van der Waals surface area contributed by atoms with Gasteiger partial charge in [0, 0.05) is 39.8 Å². The number of carbonyl (C=O) groups is 1. The number of hydrogen-bond donors (Lipinski definition) is 1. The minimum absolute atomic E-state index is 0.293. The molecule has 1 N–H and O–H groups in total. The molecule has 3 aromatic rings. The van der Waals surface area contributed by atoms with Crippen molar-refractivity contribution in [2.75, 3.05) is 0 Å². The Bertz CT molecular complexity index is 1070. The monoisotopic (exact) mass is 377 g/mol. The van der Waals surface area contributed by atoms with Crippen LogP contribution in [0.15, 0.2) is 35.7 Å². The van der Waals surface area contributed by atoms with E-state index in [4.69, 9.17) is 0 Å². The Morgan fingerprint density at radius 1 is 1.30 bits per heavy atom. The van der Waals surface area contributed by atoms with Gasteiger partial charge in [-0.1, -0.05) is 0 Å². The third kappa shape index (κ3) is 3.52. The molecule has 0 fully saturated rings. The first-order valence-corrected chi connectivity index (χ1v) is 9.18. The van der Waals surface area contributed by atoms with Gasteiger partial charge in [-0.25, -0.2) is 5.43 Å². The zero-order chi connectivity index (χ0) is 19.6. The smallest absolute Gasteiger partial charge is 0.271 e. The van der Waals surface area contributed by atoms with E-state index in [0.29, 0.717) is 11.1 Å². The number of thiophene rings is 1. The van der Waals surface area contributed by atoms with Crippen LogP contribution < -0.4 is 5.43 Å². The first-order chi connectivity index (χ1) is 12.9. The summed E-state index contributed by atoms with van der Waals surface area (Å²) in [5, 5.41) is 14.5. The zero-order valence-corrected chi connectivity index (χ0v) is 16.4. The predicted octanol–water partition coefficient (Wildman–Crippen LogP) is 3.80. The molecule has 0 unspecified atom stereocenters. The highest BCUT2D eigenvalue weighted by molar-refractivity contribution is 7.14. The summed E-state index contributed by atoms with van der Waals surface area (Å²) in [5.41, 5.74) is 7.60. The molecule has 0 spiro atoms. The number of nitriles is 1. The van der Waals surface area contributed by atoms with Crippen molar-refractivity contribution < 1.29 is 4.79 Å². The quantitative estimate of drug-likeness (QED) is 0.554. The second kappa shape index (κ2) is 7.56. The van der Waals surface area contributed by atoms with Crippen LogP contribution in [0.4, 0.5) is 0 Å². The second-order valence-corrected chi connectivity index (χ2v) is 7.38. The number of nitrogens with zero attached hydrogens (tertiary/aromatic N) is 4. The molecule has 3 rings (SSSR count). The van der Waals surface area contributed by atoms with Crippen LogP contribution in [0, 0.1) is 39.0 Å². The summed E-state index contributed by atoms with van der Waals surface area (Å²) in [6, 6.07) is 7.56. The SMILES string of the molecule is Cc1sc(-n2c(C)cc(/C=N\NC(=O)c3ccncc3)c2C)c(C#N)c1C. The van der Waals surface area contributed by atoms with Crippen molar-refractivity contribution in [2.45, 2.75) is 27.7 Å². The van der Waals surface area contributed by atoms with E-state index in [0.717, 1.165) is 32.4 Å². The molecule has 0 aliphatic heterocycles. The first kappa shape index (κ1) is 18.5. The number of rotatable bonds is 4. The summed E-state index contributed by atoms with van der Waals surface area (Å²) in [6.07, 6.45) is 4.74. The van der Waals surface area contributed by atoms with E-state index in [-0.39, 0.29) is 5.91 Å². The topological polar surface area (TPSA) is 83.1 Å². The molecule has 136 valence electrons. The van der Waals surface area contributed by atoms with Gasteiger partial charge >= 0.3 is 0 Å². The average molecular weight is 377 g/mol. The van der Waals surface area contributed by atoms with Gasteiger partial charge in [-0.2, -0.15) is 10.4 Å². The van der Waals surface area contributed by atoms with Crippen molar-refractivity contribution in [1.82, 2.24) is 15.0 Å². The number of amides is 1. The van der Waals surface area contributed by atoms with E-state index < -0.39 is 0 Å². The van der Waals surface area contributed by atoms with Gasteiger partial charge < -0.3 is 4.57 Å². The summed E-state index contributed by atoms with van der Waals surface area (Å²) in [7, 11) is 0. The fourth-order valence-electron chi connectivity index (χ4n) is 2.86. The van der Waals surface area contributed by atoms with Crippen molar-refractivity contribution in [3.63, 3.8) is 0 Å². The van der Waals surface area contributed by atoms with Crippen LogP contribution >= 0.6 is 11.3 Å². The highest BCUT2D eigenvalue weighted by atomic mass is 32.1. The average Bonchev–Trinajstić information content (AvgIpc) is 3.10. The molecule has 6 nitrogen and oxygen atoms in total. The van der Waals surface area contributed by atoms with Crippen LogP contribution in [0.3, 0.4) is 0 Å². The van der Waals surface area contributed by atoms with Crippen LogP contribution in [0.25, 0.3) is 5.00 Å². The van der Waals surface area contributed by atoms with Crippen LogP contribution in [-0.2, 0) is 0 Å². The highest BCUT2D eigenvalue weighted by Crippen LogP contribution is 2.33. The molecule has 0 saturated heterocycles. The molecule has 0 saturated carbocycles. The van der Waals surface area contributed by atoms with Gasteiger partial charge in [0.25, 0.3) is 5.91 Å². The molecule has 27 heavy (non-hydrogen) atoms. The van der Waals surface area contributed by atoms with Crippen molar-refractivity contribution in [2.24, 2.45) is 5.10 Å². The summed E-state index contributed by atoms with van der Waals surface area (Å²) in [6.45, 7) is 7.96. The second-order valence-electron chi connectivity index (χ2n) is 6.17. The van der Waals surface area contributed by atoms with E-state index in [1.54, 1.807) is 42.1 Å². The van der Waals surface area contributed by atoms with E-state index in [1.807, 2.05) is 33.8 Å². The third-order valence-corrected chi connectivity index (χ3v) is 5.66. The minimum atomic E-state index is -0.293. The van der Waals surface area contributed by atoms with Crippen molar-refractivity contribution in [3.05, 3.63) is 69.1 Å². The van der Waals surface area contributed by atoms with Gasteiger partial charge in [0.15, 0.2) is 0 Å². The molecule has 1 amide bonds. The van der Waals surface area contributed by atoms with Crippen molar-refractivity contribution in [1.29, 1.82) is 5.26 Å². The van der Waals surface area contributed by atoms with Gasteiger partial charge in [-0.15, -0.1) is 11.3 Å². The number of aryl methyl sites for hydroxylation is 2. The lowest BCUT2D eigenvalue weighted by Crippen LogP contribution is -2.17. The molecule has 3 aromatic heterocycles. The number of hydrazone groups is 1. The lowest BCUT2D eigenvalue weighted by Gasteiger charge is -2.07. The fraction of sp³-hybridized carbons (Fsp3) is 0.200. The lowest BCUT2D eigenvalue weighted by atomic mass is 10.2. The molecule has 0 bridgehead atoms. The van der Waals surface area contributed by atoms with Gasteiger partial charge in [-0.05, 0) is 51.5 Å². The normalized spacial score (nSPS) is 10.9. The minimum Gasteiger partial charge on any atom is -0.308 e. The first-order valence-electron chi connectivity index (χ1n) is 8.37. The van der Waals surface area contributed by atoms with E-state index in [1.165, 1.54) is 0 Å². The maximum Gasteiger partial charge on any atom is 0.271 e. The Morgan fingerprint density at radius 3 is 2.67 bits per heavy atom. The Balaban J connectivity index is 1.88. The maximum atomic E-state index is 12.0. The maximum absolute atomic E-state index is 12.0. The zero-order valence-electron chi connectivity index (χ0n) is 15.6. The van der Waals surface area contributed by atoms with E-state index in [9.17, 15) is 10.1 Å². The summed E-state index contributed by atoms with van der Waals surface area (Å²) in [5.74, 6) is -0.293. The Hall–Kier alpha value is -3.24. The molecule has 0 atom stereocenters. The molecule has 7 heteroatoms. The van der Waals surface area contributed by atoms with Crippen LogP contribution in [-0.4, -0.2) is 21.7 Å². The predicted molar refractivity (Wildman–Crippen MR) is 107 cm³/mol. The van der Waals surface area contributed by atoms with Gasteiger partial charge in [0.05, 0.1) is 11.8 Å². The van der Waals surface area contributed by atoms with Gasteiger partial charge in [-0.3, -0.25) is 9.78 Å². The highest BCUT2D eigenvalue weighted by Gasteiger charge is 2.18. The standard InChI is InChI=1S/C20H19N5OS/c1-12-9-17(11-23-24-19(26)16-5-7-22-8-6-16)14(3)25(12)20-18(10-21)13(2)15(4)27-20/h5-9,11H,1-4H3,(H,24,26)/b23-11-. The number of nitrogens with one attached hydrogen (secondary N) is 1.